The first kappa shape index (κ1) is 23.1. The molecule has 8 nitrogen and oxygen atoms in total. The third-order valence-electron chi connectivity index (χ3n) is 4.76. The highest BCUT2D eigenvalue weighted by Gasteiger charge is 2.10. The smallest absolute Gasteiger partial charge is 0.194 e. The predicted molar refractivity (Wildman–Crippen MR) is 125 cm³/mol. The van der Waals surface area contributed by atoms with E-state index in [-0.39, 0.29) is 13.2 Å². The lowest BCUT2D eigenvalue weighted by Gasteiger charge is -2.21. The Bertz CT molecular complexity index is 1000. The van der Waals surface area contributed by atoms with Crippen molar-refractivity contribution in [3.8, 4) is 17.2 Å². The lowest BCUT2D eigenvalue weighted by Crippen LogP contribution is -2.38. The number of methoxy groups -OCH3 is 1. The summed E-state index contributed by atoms with van der Waals surface area (Å²) in [6.07, 6.45) is 3.91. The Morgan fingerprint density at radius 3 is 2.69 bits per heavy atom. The minimum absolute atomic E-state index is 0.0438. The summed E-state index contributed by atoms with van der Waals surface area (Å²) in [4.78, 5) is 6.86. The number of benzene rings is 2. The molecule has 0 unspecified atom stereocenters. The minimum Gasteiger partial charge on any atom is -0.493 e. The van der Waals surface area contributed by atoms with Gasteiger partial charge < -0.3 is 24.8 Å². The number of hydrogen-bond donors (Lipinski definition) is 2. The van der Waals surface area contributed by atoms with Gasteiger partial charge in [-0.1, -0.05) is 24.3 Å². The third kappa shape index (κ3) is 6.24. The predicted octanol–water partition coefficient (Wildman–Crippen LogP) is 2.85. The summed E-state index contributed by atoms with van der Waals surface area (Å²) in [7, 11) is 3.61. The van der Waals surface area contributed by atoms with Gasteiger partial charge in [0.25, 0.3) is 0 Å². The normalized spacial score (nSPS) is 11.3. The van der Waals surface area contributed by atoms with Crippen LogP contribution in [-0.2, 0) is 13.1 Å². The van der Waals surface area contributed by atoms with E-state index < -0.39 is 0 Å². The molecule has 0 radical (unpaired) electrons. The van der Waals surface area contributed by atoms with Crippen LogP contribution in [0.25, 0.3) is 5.69 Å². The number of aliphatic hydroxyl groups is 1. The van der Waals surface area contributed by atoms with Crippen LogP contribution in [0.5, 0.6) is 11.5 Å². The number of rotatable bonds is 10. The van der Waals surface area contributed by atoms with Crippen LogP contribution in [0.15, 0.2) is 65.9 Å². The van der Waals surface area contributed by atoms with Gasteiger partial charge in [0.15, 0.2) is 17.5 Å². The van der Waals surface area contributed by atoms with Crippen molar-refractivity contribution in [2.24, 2.45) is 4.99 Å². The van der Waals surface area contributed by atoms with E-state index in [2.05, 4.69) is 15.3 Å². The van der Waals surface area contributed by atoms with Crippen LogP contribution < -0.4 is 14.8 Å². The summed E-state index contributed by atoms with van der Waals surface area (Å²) < 4.78 is 12.8. The molecule has 0 spiro atoms. The maximum absolute atomic E-state index is 8.96. The number of hydrogen-bond acceptors (Lipinski definition) is 5. The summed E-state index contributed by atoms with van der Waals surface area (Å²) in [5.74, 6) is 2.03. The van der Waals surface area contributed by atoms with Gasteiger partial charge >= 0.3 is 0 Å². The van der Waals surface area contributed by atoms with E-state index >= 15 is 0 Å². The van der Waals surface area contributed by atoms with Gasteiger partial charge in [-0.15, -0.1) is 0 Å². The first-order valence-corrected chi connectivity index (χ1v) is 10.6. The largest absolute Gasteiger partial charge is 0.493 e. The molecule has 0 saturated heterocycles. The first-order chi connectivity index (χ1) is 15.6. The molecule has 0 aliphatic rings. The van der Waals surface area contributed by atoms with Gasteiger partial charge in [-0.25, -0.2) is 9.67 Å². The van der Waals surface area contributed by atoms with Crippen molar-refractivity contribution < 1.29 is 14.6 Å². The second-order valence-corrected chi connectivity index (χ2v) is 7.21. The number of ether oxygens (including phenoxy) is 2. The highest BCUT2D eigenvalue weighted by molar-refractivity contribution is 5.79. The van der Waals surface area contributed by atoms with Crippen molar-refractivity contribution in [2.75, 3.05) is 33.9 Å². The van der Waals surface area contributed by atoms with Crippen LogP contribution in [0, 0.1) is 0 Å². The van der Waals surface area contributed by atoms with Crippen molar-refractivity contribution in [1.82, 2.24) is 20.0 Å². The average molecular weight is 438 g/mol. The van der Waals surface area contributed by atoms with Gasteiger partial charge in [0.2, 0.25) is 0 Å². The molecule has 0 bridgehead atoms. The van der Waals surface area contributed by atoms with Crippen molar-refractivity contribution in [1.29, 1.82) is 0 Å². The number of aromatic nitrogens is 2. The molecule has 0 saturated carbocycles. The molecule has 3 aromatic rings. The Kier molecular flexibility index (Phi) is 8.51. The molecule has 0 atom stereocenters. The standard InChI is InChI=1S/C24H31N5O3/c1-4-25-24(26-15-19-10-11-22(32-13-12-30)23(14-19)31-3)28(2)17-20-16-27-29(18-20)21-8-6-5-7-9-21/h5-11,14,16,18,30H,4,12-13,15,17H2,1-3H3,(H,25,26). The van der Waals surface area contributed by atoms with Crippen LogP contribution in [0.3, 0.4) is 0 Å². The van der Waals surface area contributed by atoms with E-state index in [1.54, 1.807) is 7.11 Å². The fraction of sp³-hybridized carbons (Fsp3) is 0.333. The van der Waals surface area contributed by atoms with Crippen molar-refractivity contribution in [3.05, 3.63) is 72.1 Å². The molecule has 32 heavy (non-hydrogen) atoms. The van der Waals surface area contributed by atoms with Crippen LogP contribution in [0.1, 0.15) is 18.1 Å². The zero-order valence-corrected chi connectivity index (χ0v) is 18.9. The van der Waals surface area contributed by atoms with Gasteiger partial charge in [0.05, 0.1) is 32.1 Å². The van der Waals surface area contributed by atoms with Gasteiger partial charge in [0.1, 0.15) is 6.61 Å². The van der Waals surface area contributed by atoms with Crippen LogP contribution in [-0.4, -0.2) is 59.7 Å². The van der Waals surface area contributed by atoms with Crippen molar-refractivity contribution in [3.63, 3.8) is 0 Å². The van der Waals surface area contributed by atoms with Crippen molar-refractivity contribution >= 4 is 5.96 Å². The number of guanidine groups is 1. The van der Waals surface area contributed by atoms with Crippen LogP contribution in [0.4, 0.5) is 0 Å². The molecule has 0 aliphatic carbocycles. The van der Waals surface area contributed by atoms with E-state index in [1.807, 2.05) is 79.6 Å². The second kappa shape index (κ2) is 11.8. The monoisotopic (exact) mass is 437 g/mol. The summed E-state index contributed by atoms with van der Waals surface area (Å²) in [6.45, 7) is 4.17. The van der Waals surface area contributed by atoms with Crippen LogP contribution >= 0.6 is 0 Å². The Labute approximate surface area is 189 Å². The molecule has 8 heteroatoms. The summed E-state index contributed by atoms with van der Waals surface area (Å²) in [6, 6.07) is 15.7. The molecule has 0 fully saturated rings. The lowest BCUT2D eigenvalue weighted by atomic mass is 10.2. The zero-order chi connectivity index (χ0) is 22.8. The summed E-state index contributed by atoms with van der Waals surface area (Å²) in [5.41, 5.74) is 3.12. The first-order valence-electron chi connectivity index (χ1n) is 10.6. The molecule has 2 N–H and O–H groups in total. The third-order valence-corrected chi connectivity index (χ3v) is 4.76. The minimum atomic E-state index is -0.0438. The van der Waals surface area contributed by atoms with Gasteiger partial charge in [0, 0.05) is 31.9 Å². The average Bonchev–Trinajstić information content (AvgIpc) is 3.29. The van der Waals surface area contributed by atoms with E-state index in [0.717, 1.165) is 29.3 Å². The Morgan fingerprint density at radius 2 is 1.97 bits per heavy atom. The molecular weight excluding hydrogens is 406 g/mol. The molecule has 170 valence electrons. The zero-order valence-electron chi connectivity index (χ0n) is 18.9. The van der Waals surface area contributed by atoms with Crippen molar-refractivity contribution in [2.45, 2.75) is 20.0 Å². The number of nitrogens with one attached hydrogen (secondary N) is 1. The van der Waals surface area contributed by atoms with E-state index in [0.29, 0.717) is 24.6 Å². The molecule has 2 aromatic carbocycles. The SMILES string of the molecule is CCNC(=NCc1ccc(OCCO)c(OC)c1)N(C)Cc1cnn(-c2ccccc2)c1. The van der Waals surface area contributed by atoms with Gasteiger partial charge in [-0.3, -0.25) is 0 Å². The molecular formula is C24H31N5O3. The summed E-state index contributed by atoms with van der Waals surface area (Å²) in [5, 5.41) is 16.8. The topological polar surface area (TPSA) is 84.1 Å². The Balaban J connectivity index is 1.68. The van der Waals surface area contributed by atoms with Crippen LogP contribution in [0.2, 0.25) is 0 Å². The fourth-order valence-corrected chi connectivity index (χ4v) is 3.23. The van der Waals surface area contributed by atoms with E-state index in [1.165, 1.54) is 0 Å². The van der Waals surface area contributed by atoms with Gasteiger partial charge in [-0.05, 0) is 36.8 Å². The van der Waals surface area contributed by atoms with E-state index in [4.69, 9.17) is 19.6 Å². The second-order valence-electron chi connectivity index (χ2n) is 7.21. The molecule has 0 amide bonds. The Hall–Kier alpha value is -3.52. The summed E-state index contributed by atoms with van der Waals surface area (Å²) >= 11 is 0. The quantitative estimate of drug-likeness (QED) is 0.375. The highest BCUT2D eigenvalue weighted by Crippen LogP contribution is 2.28. The number of para-hydroxylation sites is 1. The number of aliphatic imine (C=N–C) groups is 1. The highest BCUT2D eigenvalue weighted by atomic mass is 16.5. The van der Waals surface area contributed by atoms with Gasteiger partial charge in [-0.2, -0.15) is 5.10 Å². The number of aliphatic hydroxyl groups excluding tert-OH is 1. The maximum atomic E-state index is 8.96. The molecule has 1 heterocycles. The van der Waals surface area contributed by atoms with E-state index in [9.17, 15) is 0 Å². The molecule has 1 aromatic heterocycles. The maximum Gasteiger partial charge on any atom is 0.194 e. The molecule has 0 aliphatic heterocycles. The fourth-order valence-electron chi connectivity index (χ4n) is 3.23. The number of nitrogens with zero attached hydrogens (tertiary/aromatic N) is 4. The lowest BCUT2D eigenvalue weighted by molar-refractivity contribution is 0.196. The Morgan fingerprint density at radius 1 is 1.16 bits per heavy atom. The molecule has 3 rings (SSSR count).